The highest BCUT2D eigenvalue weighted by Gasteiger charge is 2.17. The average Bonchev–Trinajstić information content (AvgIpc) is 3.01. The first kappa shape index (κ1) is 17.8. The van der Waals surface area contributed by atoms with E-state index in [1.54, 1.807) is 24.3 Å². The number of hydrogen-bond donors (Lipinski definition) is 3. The van der Waals surface area contributed by atoms with Gasteiger partial charge in [0.1, 0.15) is 0 Å². The van der Waals surface area contributed by atoms with E-state index in [4.69, 9.17) is 11.5 Å². The molecule has 1 heterocycles. The molecule has 0 atom stereocenters. The van der Waals surface area contributed by atoms with Crippen molar-refractivity contribution in [2.24, 2.45) is 11.5 Å². The summed E-state index contributed by atoms with van der Waals surface area (Å²) < 4.78 is 2.08. The Bertz CT molecular complexity index is 1220. The van der Waals surface area contributed by atoms with Crippen molar-refractivity contribution in [3.63, 3.8) is 0 Å². The summed E-state index contributed by atoms with van der Waals surface area (Å²) in [6, 6.07) is 18.2. The summed E-state index contributed by atoms with van der Waals surface area (Å²) in [6.45, 7) is 0.448. The molecule has 0 aliphatic heterocycles. The van der Waals surface area contributed by atoms with E-state index in [0.29, 0.717) is 17.7 Å². The Morgan fingerprint density at radius 2 is 1.57 bits per heavy atom. The van der Waals surface area contributed by atoms with E-state index in [2.05, 4.69) is 4.57 Å². The van der Waals surface area contributed by atoms with Gasteiger partial charge in [-0.15, -0.1) is 0 Å². The average molecular weight is 373 g/mol. The van der Waals surface area contributed by atoms with Crippen LogP contribution in [0.2, 0.25) is 0 Å². The smallest absolute Gasteiger partial charge is 0.249 e. The largest absolute Gasteiger partial charge is 0.392 e. The molecule has 6 heteroatoms. The molecule has 140 valence electrons. The summed E-state index contributed by atoms with van der Waals surface area (Å²) in [6.07, 6.45) is 0. The highest BCUT2D eigenvalue weighted by Crippen LogP contribution is 2.33. The molecule has 3 aromatic carbocycles. The highest BCUT2D eigenvalue weighted by atomic mass is 16.3. The number of hydrogen-bond acceptors (Lipinski definition) is 3. The maximum atomic E-state index is 12.0. The van der Waals surface area contributed by atoms with Gasteiger partial charge in [0.05, 0.1) is 12.1 Å². The van der Waals surface area contributed by atoms with E-state index in [0.717, 1.165) is 32.9 Å². The van der Waals surface area contributed by atoms with Crippen LogP contribution in [0.1, 0.15) is 31.8 Å². The van der Waals surface area contributed by atoms with Gasteiger partial charge in [-0.3, -0.25) is 9.59 Å². The zero-order chi connectivity index (χ0) is 19.8. The molecule has 2 amide bonds. The van der Waals surface area contributed by atoms with E-state index in [1.807, 2.05) is 36.4 Å². The summed E-state index contributed by atoms with van der Waals surface area (Å²) in [5, 5.41) is 11.2. The van der Waals surface area contributed by atoms with Crippen LogP contribution in [0.4, 0.5) is 0 Å². The van der Waals surface area contributed by atoms with Gasteiger partial charge in [0, 0.05) is 34.0 Å². The summed E-state index contributed by atoms with van der Waals surface area (Å²) in [5.41, 5.74) is 15.4. The maximum absolute atomic E-state index is 12.0. The third-order valence-electron chi connectivity index (χ3n) is 4.98. The van der Waals surface area contributed by atoms with E-state index in [-0.39, 0.29) is 6.61 Å². The summed E-state index contributed by atoms with van der Waals surface area (Å²) in [5.74, 6) is -0.955. The second-order valence-corrected chi connectivity index (χ2v) is 6.72. The van der Waals surface area contributed by atoms with Crippen molar-refractivity contribution >= 4 is 33.6 Å². The first-order valence-corrected chi connectivity index (χ1v) is 8.83. The molecule has 0 unspecified atom stereocenters. The van der Waals surface area contributed by atoms with Crippen LogP contribution in [0.3, 0.4) is 0 Å². The molecule has 6 nitrogen and oxygen atoms in total. The van der Waals surface area contributed by atoms with Gasteiger partial charge in [-0.25, -0.2) is 0 Å². The second-order valence-electron chi connectivity index (χ2n) is 6.72. The normalized spacial score (nSPS) is 11.2. The number of primary amides is 2. The number of amides is 2. The lowest BCUT2D eigenvalue weighted by Gasteiger charge is -2.09. The Hall–Kier alpha value is -3.64. The van der Waals surface area contributed by atoms with Gasteiger partial charge in [0.15, 0.2) is 0 Å². The van der Waals surface area contributed by atoms with Gasteiger partial charge in [0.2, 0.25) is 11.8 Å². The summed E-state index contributed by atoms with van der Waals surface area (Å²) >= 11 is 0. The number of benzene rings is 3. The molecule has 0 radical (unpaired) electrons. The Morgan fingerprint density at radius 1 is 0.857 bits per heavy atom. The number of aromatic nitrogens is 1. The minimum Gasteiger partial charge on any atom is -0.392 e. The van der Waals surface area contributed by atoms with Crippen LogP contribution in [0.5, 0.6) is 0 Å². The predicted molar refractivity (Wildman–Crippen MR) is 108 cm³/mol. The number of carbonyl (C=O) groups excluding carboxylic acids is 2. The zero-order valence-electron chi connectivity index (χ0n) is 15.1. The molecule has 5 N–H and O–H groups in total. The topological polar surface area (TPSA) is 111 Å². The number of carbonyl (C=O) groups is 2. The highest BCUT2D eigenvalue weighted by molar-refractivity contribution is 6.18. The van der Waals surface area contributed by atoms with Crippen LogP contribution in [0, 0.1) is 0 Å². The molecule has 4 rings (SSSR count). The SMILES string of the molecule is NC(=O)c1ccc(Cn2c3cc(CO)ccc3c3c(C(N)=O)cccc32)cc1. The molecule has 0 bridgehead atoms. The first-order chi connectivity index (χ1) is 13.5. The lowest BCUT2D eigenvalue weighted by Crippen LogP contribution is -2.11. The fraction of sp³-hybridized carbons (Fsp3) is 0.0909. The minimum absolute atomic E-state index is 0.0759. The molecule has 28 heavy (non-hydrogen) atoms. The maximum Gasteiger partial charge on any atom is 0.249 e. The van der Waals surface area contributed by atoms with Crippen molar-refractivity contribution in [3.8, 4) is 0 Å². The van der Waals surface area contributed by atoms with Crippen molar-refractivity contribution < 1.29 is 14.7 Å². The zero-order valence-corrected chi connectivity index (χ0v) is 15.1. The number of aliphatic hydroxyl groups excluding tert-OH is 1. The molecule has 0 saturated heterocycles. The molecule has 0 fully saturated rings. The monoisotopic (exact) mass is 373 g/mol. The van der Waals surface area contributed by atoms with Crippen molar-refractivity contribution in [2.75, 3.05) is 0 Å². The van der Waals surface area contributed by atoms with Crippen LogP contribution in [0.25, 0.3) is 21.8 Å². The fourth-order valence-electron chi connectivity index (χ4n) is 3.62. The third kappa shape index (κ3) is 2.90. The van der Waals surface area contributed by atoms with E-state index < -0.39 is 11.8 Å². The number of fused-ring (bicyclic) bond motifs is 3. The molecule has 0 aliphatic carbocycles. The predicted octanol–water partition coefficient (Wildman–Crippen LogP) is 2.53. The van der Waals surface area contributed by atoms with E-state index >= 15 is 0 Å². The van der Waals surface area contributed by atoms with Crippen LogP contribution >= 0.6 is 0 Å². The molecule has 1 aromatic heterocycles. The summed E-state index contributed by atoms with van der Waals surface area (Å²) in [4.78, 5) is 23.3. The van der Waals surface area contributed by atoms with Gasteiger partial charge in [-0.2, -0.15) is 0 Å². The van der Waals surface area contributed by atoms with Gasteiger partial charge < -0.3 is 21.1 Å². The second kappa shape index (κ2) is 6.83. The van der Waals surface area contributed by atoms with Crippen LogP contribution in [0.15, 0.2) is 60.7 Å². The summed E-state index contributed by atoms with van der Waals surface area (Å²) in [7, 11) is 0. The van der Waals surface area contributed by atoms with E-state index in [9.17, 15) is 14.7 Å². The van der Waals surface area contributed by atoms with E-state index in [1.165, 1.54) is 0 Å². The molecular formula is C22H19N3O3. The minimum atomic E-state index is -0.485. The Kier molecular flexibility index (Phi) is 4.33. The van der Waals surface area contributed by atoms with Crippen molar-refractivity contribution in [2.45, 2.75) is 13.2 Å². The lowest BCUT2D eigenvalue weighted by atomic mass is 10.0. The molecule has 0 spiro atoms. The molecule has 0 aliphatic rings. The standard InChI is InChI=1S/C22H19N3O3/c23-21(27)15-7-4-13(5-8-15)11-25-18-3-1-2-17(22(24)28)20(18)16-9-6-14(12-26)10-19(16)25/h1-10,26H,11-12H2,(H2,23,27)(H2,24,28). The van der Waals surface area contributed by atoms with Crippen molar-refractivity contribution in [1.82, 2.24) is 4.57 Å². The van der Waals surface area contributed by atoms with Crippen molar-refractivity contribution in [1.29, 1.82) is 0 Å². The van der Waals surface area contributed by atoms with Gasteiger partial charge in [-0.1, -0.05) is 30.3 Å². The lowest BCUT2D eigenvalue weighted by molar-refractivity contribution is 0.0992. The molecule has 0 saturated carbocycles. The first-order valence-electron chi connectivity index (χ1n) is 8.83. The fourth-order valence-corrected chi connectivity index (χ4v) is 3.62. The molecule has 4 aromatic rings. The third-order valence-corrected chi connectivity index (χ3v) is 4.98. The van der Waals surface area contributed by atoms with Crippen molar-refractivity contribution in [3.05, 3.63) is 82.9 Å². The van der Waals surface area contributed by atoms with Gasteiger partial charge in [0.25, 0.3) is 0 Å². The Labute approximate surface area is 161 Å². The number of aliphatic hydroxyl groups is 1. The van der Waals surface area contributed by atoms with Crippen LogP contribution in [-0.4, -0.2) is 21.5 Å². The Balaban J connectivity index is 1.95. The number of nitrogens with two attached hydrogens (primary N) is 2. The molecular weight excluding hydrogens is 354 g/mol. The number of nitrogens with zero attached hydrogens (tertiary/aromatic N) is 1. The number of rotatable bonds is 5. The Morgan fingerprint density at radius 3 is 2.21 bits per heavy atom. The van der Waals surface area contributed by atoms with Crippen LogP contribution < -0.4 is 11.5 Å². The van der Waals surface area contributed by atoms with Crippen LogP contribution in [-0.2, 0) is 13.2 Å². The van der Waals surface area contributed by atoms with Gasteiger partial charge in [-0.05, 0) is 41.5 Å². The van der Waals surface area contributed by atoms with Gasteiger partial charge >= 0.3 is 0 Å². The quantitative estimate of drug-likeness (QED) is 0.500.